The number of hydrogen-bond acceptors (Lipinski definition) is 0. The lowest BCUT2D eigenvalue weighted by Gasteiger charge is -2.07. The molecule has 0 atom stereocenters. The van der Waals surface area contributed by atoms with Crippen LogP contribution in [0.5, 0.6) is 0 Å². The summed E-state index contributed by atoms with van der Waals surface area (Å²) in [6, 6.07) is 41.0. The van der Waals surface area contributed by atoms with Crippen LogP contribution in [-0.2, 0) is 12.8 Å². The standard InChI is InChI=1S/C44H44/c1-3-5-7-9-33-11-15-35(16-12-33)19-21-37-23-25-39-29-44-32-42-28-38(24-26-40(42)30-43(44)31-41(39)27-37)22-20-36-17-13-34(14-18-36)10-8-6-4-2/h11-32H,3-10H2,1-2H3/b21-19+,22-20+. The van der Waals surface area contributed by atoms with E-state index < -0.39 is 0 Å². The maximum atomic E-state index is 2.34. The smallest absolute Gasteiger partial charge is 0.0171 e. The molecule has 0 N–H and O–H groups in total. The number of unbranched alkanes of at least 4 members (excludes halogenated alkanes) is 4. The van der Waals surface area contributed by atoms with Crippen molar-refractivity contribution in [1.82, 2.24) is 0 Å². The molecule has 6 rings (SSSR count). The maximum Gasteiger partial charge on any atom is -0.0171 e. The quantitative estimate of drug-likeness (QED) is 0.0777. The molecule has 0 fully saturated rings. The minimum atomic E-state index is 1.18. The van der Waals surface area contributed by atoms with Crippen molar-refractivity contribution in [3.63, 3.8) is 0 Å². The molecule has 6 aromatic carbocycles. The van der Waals surface area contributed by atoms with Gasteiger partial charge in [0.2, 0.25) is 0 Å². The first-order valence-corrected chi connectivity index (χ1v) is 16.6. The van der Waals surface area contributed by atoms with Gasteiger partial charge in [-0.05, 0) is 128 Å². The Morgan fingerprint density at radius 1 is 0.341 bits per heavy atom. The zero-order valence-electron chi connectivity index (χ0n) is 26.4. The van der Waals surface area contributed by atoms with Gasteiger partial charge in [-0.15, -0.1) is 0 Å². The van der Waals surface area contributed by atoms with E-state index in [1.807, 2.05) is 0 Å². The van der Waals surface area contributed by atoms with E-state index >= 15 is 0 Å². The second-order valence-electron chi connectivity index (χ2n) is 12.3. The van der Waals surface area contributed by atoms with E-state index in [0.29, 0.717) is 0 Å². The van der Waals surface area contributed by atoms with Crippen molar-refractivity contribution in [1.29, 1.82) is 0 Å². The Morgan fingerprint density at radius 2 is 0.682 bits per heavy atom. The molecule has 0 bridgehead atoms. The average molecular weight is 573 g/mol. The van der Waals surface area contributed by atoms with Gasteiger partial charge in [-0.25, -0.2) is 0 Å². The van der Waals surface area contributed by atoms with Gasteiger partial charge in [0.1, 0.15) is 0 Å². The largest absolute Gasteiger partial charge is 0.0654 e. The highest BCUT2D eigenvalue weighted by molar-refractivity contribution is 6.05. The molecule has 0 aromatic heterocycles. The Morgan fingerprint density at radius 3 is 1.09 bits per heavy atom. The van der Waals surface area contributed by atoms with Crippen LogP contribution in [0.2, 0.25) is 0 Å². The molecule has 0 saturated carbocycles. The van der Waals surface area contributed by atoms with Crippen molar-refractivity contribution in [2.75, 3.05) is 0 Å². The van der Waals surface area contributed by atoms with Crippen LogP contribution in [0.4, 0.5) is 0 Å². The van der Waals surface area contributed by atoms with E-state index in [0.717, 1.165) is 0 Å². The fourth-order valence-electron chi connectivity index (χ4n) is 6.13. The fraction of sp³-hybridized carbons (Fsp3) is 0.227. The summed E-state index contributed by atoms with van der Waals surface area (Å²) >= 11 is 0. The van der Waals surface area contributed by atoms with Gasteiger partial charge in [-0.3, -0.25) is 0 Å². The molecule has 0 saturated heterocycles. The first-order valence-electron chi connectivity index (χ1n) is 16.6. The van der Waals surface area contributed by atoms with Crippen LogP contribution in [-0.4, -0.2) is 0 Å². The lowest BCUT2D eigenvalue weighted by Crippen LogP contribution is -1.85. The van der Waals surface area contributed by atoms with Crippen molar-refractivity contribution in [3.8, 4) is 0 Å². The monoisotopic (exact) mass is 572 g/mol. The Hall–Kier alpha value is -4.42. The summed E-state index contributed by atoms with van der Waals surface area (Å²) in [4.78, 5) is 0. The number of fused-ring (bicyclic) bond motifs is 3. The second kappa shape index (κ2) is 14.4. The lowest BCUT2D eigenvalue weighted by molar-refractivity contribution is 0.717. The third-order valence-electron chi connectivity index (χ3n) is 8.83. The van der Waals surface area contributed by atoms with Gasteiger partial charge >= 0.3 is 0 Å². The summed E-state index contributed by atoms with van der Waals surface area (Å²) in [5, 5.41) is 7.68. The zero-order valence-corrected chi connectivity index (χ0v) is 26.4. The minimum Gasteiger partial charge on any atom is -0.0654 e. The lowest BCUT2D eigenvalue weighted by atomic mass is 9.97. The van der Waals surface area contributed by atoms with E-state index in [1.165, 1.54) is 117 Å². The first kappa shape index (κ1) is 29.6. The third-order valence-corrected chi connectivity index (χ3v) is 8.83. The molecule has 0 unspecified atom stereocenters. The van der Waals surface area contributed by atoms with Gasteiger partial charge < -0.3 is 0 Å². The Bertz CT molecular complexity index is 1760. The molecule has 44 heavy (non-hydrogen) atoms. The van der Waals surface area contributed by atoms with E-state index in [4.69, 9.17) is 0 Å². The van der Waals surface area contributed by atoms with Gasteiger partial charge in [0.05, 0.1) is 0 Å². The van der Waals surface area contributed by atoms with Crippen LogP contribution < -0.4 is 0 Å². The van der Waals surface area contributed by atoms with Crippen molar-refractivity contribution in [2.45, 2.75) is 65.2 Å². The normalized spacial score (nSPS) is 12.0. The van der Waals surface area contributed by atoms with Crippen LogP contribution in [0.3, 0.4) is 0 Å². The summed E-state index contributed by atoms with van der Waals surface area (Å²) in [6.45, 7) is 4.52. The molecular weight excluding hydrogens is 528 g/mol. The average Bonchev–Trinajstić information content (AvgIpc) is 3.06. The molecule has 0 heterocycles. The third kappa shape index (κ3) is 7.56. The van der Waals surface area contributed by atoms with Crippen molar-refractivity contribution >= 4 is 56.6 Å². The molecule has 0 aliphatic rings. The molecular formula is C44H44. The van der Waals surface area contributed by atoms with Crippen molar-refractivity contribution < 1.29 is 0 Å². The molecule has 6 aromatic rings. The highest BCUT2D eigenvalue weighted by Gasteiger charge is 2.03. The van der Waals surface area contributed by atoms with Crippen LogP contribution >= 0.6 is 0 Å². The molecule has 0 heteroatoms. The summed E-state index contributed by atoms with van der Waals surface area (Å²) < 4.78 is 0. The molecule has 0 amide bonds. The van der Waals surface area contributed by atoms with Crippen LogP contribution in [0.15, 0.2) is 109 Å². The predicted molar refractivity (Wildman–Crippen MR) is 196 cm³/mol. The van der Waals surface area contributed by atoms with Crippen LogP contribution in [0.25, 0.3) is 56.6 Å². The number of benzene rings is 6. The van der Waals surface area contributed by atoms with Gasteiger partial charge in [-0.2, -0.15) is 0 Å². The van der Waals surface area contributed by atoms with Gasteiger partial charge in [0.15, 0.2) is 0 Å². The first-order chi connectivity index (χ1) is 21.7. The van der Waals surface area contributed by atoms with Crippen molar-refractivity contribution in [3.05, 3.63) is 143 Å². The SMILES string of the molecule is CCCCCc1ccc(/C=C/c2ccc3cc4cc5cc(/C=C/c6ccc(CCCCC)cc6)ccc5cc4cc3c2)cc1. The van der Waals surface area contributed by atoms with E-state index in [-0.39, 0.29) is 0 Å². The van der Waals surface area contributed by atoms with Crippen LogP contribution in [0.1, 0.15) is 85.8 Å². The summed E-state index contributed by atoms with van der Waals surface area (Å²) in [6.07, 6.45) is 19.0. The molecule has 0 aliphatic heterocycles. The van der Waals surface area contributed by atoms with Gasteiger partial charge in [-0.1, -0.05) is 137 Å². The van der Waals surface area contributed by atoms with E-state index in [2.05, 4.69) is 147 Å². The van der Waals surface area contributed by atoms with Gasteiger partial charge in [0, 0.05) is 0 Å². The Kier molecular flexibility index (Phi) is 9.68. The summed E-state index contributed by atoms with van der Waals surface area (Å²) in [5.74, 6) is 0. The maximum absolute atomic E-state index is 2.34. The fourth-order valence-corrected chi connectivity index (χ4v) is 6.13. The van der Waals surface area contributed by atoms with E-state index in [1.54, 1.807) is 0 Å². The topological polar surface area (TPSA) is 0 Å². The van der Waals surface area contributed by atoms with Crippen LogP contribution in [0, 0.1) is 0 Å². The Labute approximate surface area is 263 Å². The number of aryl methyl sites for hydroxylation is 2. The molecule has 0 nitrogen and oxygen atoms in total. The molecule has 0 aliphatic carbocycles. The molecule has 0 spiro atoms. The number of rotatable bonds is 12. The van der Waals surface area contributed by atoms with Gasteiger partial charge in [0.25, 0.3) is 0 Å². The van der Waals surface area contributed by atoms with Crippen molar-refractivity contribution in [2.24, 2.45) is 0 Å². The molecule has 0 radical (unpaired) electrons. The molecule has 220 valence electrons. The predicted octanol–water partition coefficient (Wildman–Crippen LogP) is 13.0. The highest BCUT2D eigenvalue weighted by Crippen LogP contribution is 2.29. The zero-order chi connectivity index (χ0) is 30.1. The summed E-state index contributed by atoms with van der Waals surface area (Å²) in [5.41, 5.74) is 7.83. The summed E-state index contributed by atoms with van der Waals surface area (Å²) in [7, 11) is 0. The number of hydrogen-bond donors (Lipinski definition) is 0. The Balaban J connectivity index is 1.17. The minimum absolute atomic E-state index is 1.18. The highest BCUT2D eigenvalue weighted by atomic mass is 14.1. The van der Waals surface area contributed by atoms with E-state index in [9.17, 15) is 0 Å². The second-order valence-corrected chi connectivity index (χ2v) is 12.3.